The van der Waals surface area contributed by atoms with Gasteiger partial charge in [0.2, 0.25) is 11.7 Å². The minimum absolute atomic E-state index is 0.123. The van der Waals surface area contributed by atoms with Crippen LogP contribution < -0.4 is 10.1 Å². The van der Waals surface area contributed by atoms with Gasteiger partial charge in [-0.05, 0) is 42.7 Å². The number of methoxy groups -OCH3 is 1. The lowest BCUT2D eigenvalue weighted by Crippen LogP contribution is -2.22. The Hall–Kier alpha value is -3.15. The summed E-state index contributed by atoms with van der Waals surface area (Å²) in [7, 11) is 1.63. The van der Waals surface area contributed by atoms with Crippen LogP contribution in [0, 0.1) is 0 Å². The van der Waals surface area contributed by atoms with Crippen molar-refractivity contribution >= 4 is 5.91 Å². The number of hydrogen-bond donors (Lipinski definition) is 1. The Morgan fingerprint density at radius 1 is 1.11 bits per heavy atom. The highest BCUT2D eigenvalue weighted by Crippen LogP contribution is 2.33. The van der Waals surface area contributed by atoms with Crippen molar-refractivity contribution in [3.63, 3.8) is 0 Å². The van der Waals surface area contributed by atoms with Gasteiger partial charge in [-0.15, -0.1) is 0 Å². The third kappa shape index (κ3) is 4.06. The second-order valence-corrected chi connectivity index (χ2v) is 7.05. The lowest BCUT2D eigenvalue weighted by molar-refractivity contribution is 0.0951. The number of nitrogens with one attached hydrogen (secondary N) is 1. The first-order valence-electron chi connectivity index (χ1n) is 9.58. The lowest BCUT2D eigenvalue weighted by atomic mass is 10.1. The first kappa shape index (κ1) is 18.2. The molecule has 28 heavy (non-hydrogen) atoms. The molecule has 1 aromatic heterocycles. The van der Waals surface area contributed by atoms with Crippen molar-refractivity contribution in [2.75, 3.05) is 7.11 Å². The van der Waals surface area contributed by atoms with Crippen LogP contribution in [0.15, 0.2) is 53.1 Å². The summed E-state index contributed by atoms with van der Waals surface area (Å²) in [6.07, 6.45) is 4.69. The normalized spacial score (nSPS) is 14.2. The summed E-state index contributed by atoms with van der Waals surface area (Å²) < 4.78 is 10.6. The van der Waals surface area contributed by atoms with Crippen molar-refractivity contribution in [1.82, 2.24) is 15.5 Å². The van der Waals surface area contributed by atoms with Gasteiger partial charge in [0, 0.05) is 23.6 Å². The molecule has 0 atom stereocenters. The third-order valence-electron chi connectivity index (χ3n) is 5.16. The van der Waals surface area contributed by atoms with Crippen LogP contribution >= 0.6 is 0 Å². The van der Waals surface area contributed by atoms with Gasteiger partial charge < -0.3 is 14.6 Å². The Bertz CT molecular complexity index is 926. The van der Waals surface area contributed by atoms with Gasteiger partial charge in [-0.25, -0.2) is 0 Å². The quantitative estimate of drug-likeness (QED) is 0.692. The van der Waals surface area contributed by atoms with E-state index in [9.17, 15) is 4.79 Å². The Morgan fingerprint density at radius 2 is 1.82 bits per heavy atom. The molecular formula is C22H23N3O3. The average Bonchev–Trinajstić information content (AvgIpc) is 3.44. The number of carbonyl (C=O) groups excluding carboxylic acids is 1. The van der Waals surface area contributed by atoms with Crippen LogP contribution in [0.3, 0.4) is 0 Å². The monoisotopic (exact) mass is 377 g/mol. The van der Waals surface area contributed by atoms with E-state index < -0.39 is 0 Å². The van der Waals surface area contributed by atoms with Crippen LogP contribution in [0.1, 0.15) is 53.4 Å². The summed E-state index contributed by atoms with van der Waals surface area (Å²) in [5.41, 5.74) is 2.45. The highest BCUT2D eigenvalue weighted by molar-refractivity contribution is 5.94. The topological polar surface area (TPSA) is 77.2 Å². The highest BCUT2D eigenvalue weighted by Gasteiger charge is 2.23. The van der Waals surface area contributed by atoms with Gasteiger partial charge in [-0.1, -0.05) is 42.3 Å². The van der Waals surface area contributed by atoms with Crippen LogP contribution in [0.4, 0.5) is 0 Å². The largest absolute Gasteiger partial charge is 0.497 e. The van der Waals surface area contributed by atoms with Gasteiger partial charge in [0.25, 0.3) is 5.91 Å². The predicted octanol–water partition coefficient (Wildman–Crippen LogP) is 4.33. The maximum absolute atomic E-state index is 12.4. The zero-order valence-corrected chi connectivity index (χ0v) is 15.9. The first-order chi connectivity index (χ1) is 13.7. The molecule has 0 aliphatic heterocycles. The van der Waals surface area contributed by atoms with Gasteiger partial charge in [0.15, 0.2) is 0 Å². The molecule has 0 bridgehead atoms. The van der Waals surface area contributed by atoms with Gasteiger partial charge in [-0.2, -0.15) is 4.98 Å². The molecule has 6 nitrogen and oxygen atoms in total. The zero-order chi connectivity index (χ0) is 19.3. The van der Waals surface area contributed by atoms with Crippen LogP contribution in [0.5, 0.6) is 5.75 Å². The Morgan fingerprint density at radius 3 is 2.50 bits per heavy atom. The molecule has 4 rings (SSSR count). The van der Waals surface area contributed by atoms with Gasteiger partial charge in [0.05, 0.1) is 7.11 Å². The fourth-order valence-electron chi connectivity index (χ4n) is 3.49. The number of aromatic nitrogens is 2. The van der Waals surface area contributed by atoms with E-state index in [0.29, 0.717) is 23.9 Å². The summed E-state index contributed by atoms with van der Waals surface area (Å²) in [6, 6.07) is 14.9. The molecule has 1 fully saturated rings. The summed E-state index contributed by atoms with van der Waals surface area (Å²) in [6.45, 7) is 0.459. The van der Waals surface area contributed by atoms with Crippen molar-refractivity contribution in [2.24, 2.45) is 0 Å². The molecule has 6 heteroatoms. The predicted molar refractivity (Wildman–Crippen MR) is 105 cm³/mol. The fourth-order valence-corrected chi connectivity index (χ4v) is 3.49. The van der Waals surface area contributed by atoms with Gasteiger partial charge in [-0.3, -0.25) is 4.79 Å². The molecule has 1 N–H and O–H groups in total. The molecular weight excluding hydrogens is 354 g/mol. The number of benzene rings is 2. The molecule has 0 radical (unpaired) electrons. The molecule has 3 aromatic rings. The van der Waals surface area contributed by atoms with E-state index in [1.807, 2.05) is 36.4 Å². The molecule has 1 saturated carbocycles. The number of carbonyl (C=O) groups is 1. The van der Waals surface area contributed by atoms with Gasteiger partial charge in [0.1, 0.15) is 5.75 Å². The summed E-state index contributed by atoms with van der Waals surface area (Å²) >= 11 is 0. The van der Waals surface area contributed by atoms with Crippen molar-refractivity contribution in [2.45, 2.75) is 38.1 Å². The maximum atomic E-state index is 12.4. The van der Waals surface area contributed by atoms with Crippen LogP contribution in [0.2, 0.25) is 0 Å². The van der Waals surface area contributed by atoms with E-state index in [-0.39, 0.29) is 5.91 Å². The number of amides is 1. The molecule has 0 saturated heterocycles. The summed E-state index contributed by atoms with van der Waals surface area (Å²) in [5.74, 6) is 2.37. The van der Waals surface area contributed by atoms with Crippen molar-refractivity contribution in [3.8, 4) is 17.1 Å². The maximum Gasteiger partial charge on any atom is 0.251 e. The molecule has 1 amide bonds. The SMILES string of the molecule is COc1ccc(CNC(=O)c2ccc(-c3noc(C4CCCC4)n3)cc2)cc1. The molecule has 0 unspecified atom stereocenters. The number of hydrogen-bond acceptors (Lipinski definition) is 5. The van der Waals surface area contributed by atoms with Crippen molar-refractivity contribution < 1.29 is 14.1 Å². The number of nitrogens with zero attached hydrogens (tertiary/aromatic N) is 2. The van der Waals surface area contributed by atoms with Crippen molar-refractivity contribution in [1.29, 1.82) is 0 Å². The van der Waals surface area contributed by atoms with Crippen molar-refractivity contribution in [3.05, 3.63) is 65.5 Å². The standard InChI is InChI=1S/C22H23N3O3/c1-27-19-12-6-15(7-13-19)14-23-21(26)17-10-8-16(9-11-17)20-24-22(28-25-20)18-4-2-3-5-18/h6-13,18H,2-5,14H2,1H3,(H,23,26). The summed E-state index contributed by atoms with van der Waals surface area (Å²) in [4.78, 5) is 16.9. The highest BCUT2D eigenvalue weighted by atomic mass is 16.5. The molecule has 1 aliphatic rings. The molecule has 1 aliphatic carbocycles. The average molecular weight is 377 g/mol. The first-order valence-corrected chi connectivity index (χ1v) is 9.58. The van der Waals surface area contributed by atoms with E-state index in [1.54, 1.807) is 19.2 Å². The summed E-state index contributed by atoms with van der Waals surface area (Å²) in [5, 5.41) is 7.02. The lowest BCUT2D eigenvalue weighted by Gasteiger charge is -2.07. The van der Waals surface area contributed by atoms with Crippen LogP contribution in [-0.2, 0) is 6.54 Å². The Labute approximate surface area is 163 Å². The zero-order valence-electron chi connectivity index (χ0n) is 15.9. The van der Waals surface area contributed by atoms with E-state index in [2.05, 4.69) is 15.5 Å². The molecule has 144 valence electrons. The second-order valence-electron chi connectivity index (χ2n) is 7.05. The molecule has 2 aromatic carbocycles. The van der Waals surface area contributed by atoms with E-state index in [0.717, 1.165) is 35.6 Å². The van der Waals surface area contributed by atoms with E-state index >= 15 is 0 Å². The fraction of sp³-hybridized carbons (Fsp3) is 0.318. The minimum Gasteiger partial charge on any atom is -0.497 e. The van der Waals surface area contributed by atoms with Gasteiger partial charge >= 0.3 is 0 Å². The molecule has 0 spiro atoms. The third-order valence-corrected chi connectivity index (χ3v) is 5.16. The van der Waals surface area contributed by atoms with E-state index in [1.165, 1.54) is 12.8 Å². The number of rotatable bonds is 6. The smallest absolute Gasteiger partial charge is 0.251 e. The Balaban J connectivity index is 1.37. The van der Waals surface area contributed by atoms with E-state index in [4.69, 9.17) is 9.26 Å². The van der Waals surface area contributed by atoms with Crippen LogP contribution in [-0.4, -0.2) is 23.2 Å². The van der Waals surface area contributed by atoms with Crippen LogP contribution in [0.25, 0.3) is 11.4 Å². The minimum atomic E-state index is -0.123. The number of ether oxygens (including phenoxy) is 1. The molecule has 1 heterocycles. The Kier molecular flexibility index (Phi) is 5.37. The second kappa shape index (κ2) is 8.25.